The second kappa shape index (κ2) is 4.54. The average molecular weight is 306 g/mol. The zero-order chi connectivity index (χ0) is 17.0. The molecule has 3 atom stereocenters. The molecule has 0 saturated heterocycles. The first-order valence-corrected chi connectivity index (χ1v) is 6.38. The molecule has 0 spiro atoms. The van der Waals surface area contributed by atoms with E-state index in [1.165, 1.54) is 0 Å². The van der Waals surface area contributed by atoms with Gasteiger partial charge >= 0.3 is 0 Å². The Kier molecular flexibility index (Phi) is 4.44. The third kappa shape index (κ3) is 2.43. The minimum atomic E-state index is -4.12. The first-order chi connectivity index (χ1) is 8.25. The highest BCUT2D eigenvalue weighted by Gasteiger charge is 2.73. The van der Waals surface area contributed by atoms with Crippen molar-refractivity contribution in [3.8, 4) is 0 Å². The van der Waals surface area contributed by atoms with Crippen LogP contribution >= 0.6 is 0 Å². The van der Waals surface area contributed by atoms with Crippen LogP contribution in [0.5, 0.6) is 0 Å². The van der Waals surface area contributed by atoms with Crippen molar-refractivity contribution in [2.45, 2.75) is 84.0 Å². The summed E-state index contributed by atoms with van der Waals surface area (Å²) in [5, 5.41) is 0. The summed E-state index contributed by atoms with van der Waals surface area (Å²) in [6, 6.07) is 0. The fourth-order valence-electron chi connectivity index (χ4n) is 2.00. The monoisotopic (exact) mass is 306 g/mol. The third-order valence-corrected chi connectivity index (χ3v) is 5.25. The molecule has 0 aliphatic carbocycles. The first-order valence-electron chi connectivity index (χ1n) is 6.38. The van der Waals surface area contributed by atoms with Gasteiger partial charge in [-0.25, -0.2) is 26.3 Å². The minimum Gasteiger partial charge on any atom is -0.244 e. The highest BCUT2D eigenvalue weighted by molar-refractivity contribution is 5.18. The van der Waals surface area contributed by atoms with Crippen molar-refractivity contribution in [3.63, 3.8) is 0 Å². The lowest BCUT2D eigenvalue weighted by Crippen LogP contribution is -2.69. The summed E-state index contributed by atoms with van der Waals surface area (Å²) in [5.74, 6) is -4.12. The highest BCUT2D eigenvalue weighted by Crippen LogP contribution is 2.58. The van der Waals surface area contributed by atoms with Crippen molar-refractivity contribution in [3.05, 3.63) is 0 Å². The molecule has 0 fully saturated rings. The number of halogens is 6. The van der Waals surface area contributed by atoms with E-state index in [0.717, 1.165) is 27.7 Å². The van der Waals surface area contributed by atoms with Crippen LogP contribution in [-0.4, -0.2) is 28.6 Å². The molecule has 0 nitrogen and oxygen atoms in total. The summed E-state index contributed by atoms with van der Waals surface area (Å²) >= 11 is 0. The van der Waals surface area contributed by atoms with E-state index < -0.39 is 34.0 Å². The Morgan fingerprint density at radius 3 is 0.950 bits per heavy atom. The van der Waals surface area contributed by atoms with E-state index in [4.69, 9.17) is 0 Å². The quantitative estimate of drug-likeness (QED) is 0.580. The van der Waals surface area contributed by atoms with E-state index in [2.05, 4.69) is 0 Å². The largest absolute Gasteiger partial charge is 0.281 e. The van der Waals surface area contributed by atoms with Gasteiger partial charge in [0.1, 0.15) is 5.67 Å². The Hall–Kier alpha value is -0.420. The molecule has 3 unspecified atom stereocenters. The van der Waals surface area contributed by atoms with Gasteiger partial charge in [0, 0.05) is 12.3 Å². The Morgan fingerprint density at radius 1 is 0.450 bits per heavy atom. The van der Waals surface area contributed by atoms with Gasteiger partial charge < -0.3 is 0 Å². The van der Waals surface area contributed by atoms with Gasteiger partial charge in [-0.3, -0.25) is 0 Å². The van der Waals surface area contributed by atoms with Gasteiger partial charge in [0.2, 0.25) is 5.67 Å². The van der Waals surface area contributed by atoms with Crippen molar-refractivity contribution < 1.29 is 26.3 Å². The highest BCUT2D eigenvalue weighted by atomic mass is 19.3. The topological polar surface area (TPSA) is 0 Å². The summed E-state index contributed by atoms with van der Waals surface area (Å²) in [6.45, 7) is 5.61. The SMILES string of the molecule is CC(C)(F)C(C)(C)C(C)(F)C(C)(F)C(C)(F)C(C)(F)F. The second-order valence-corrected chi connectivity index (χ2v) is 6.99. The lowest BCUT2D eigenvalue weighted by molar-refractivity contribution is -0.250. The average Bonchev–Trinajstić information content (AvgIpc) is 2.12. The van der Waals surface area contributed by atoms with E-state index in [9.17, 15) is 26.3 Å². The molecule has 6 heteroatoms. The van der Waals surface area contributed by atoms with Crippen molar-refractivity contribution in [1.82, 2.24) is 0 Å². The molecule has 0 heterocycles. The fraction of sp³-hybridized carbons (Fsp3) is 1.00. The number of alkyl halides is 6. The van der Waals surface area contributed by atoms with Gasteiger partial charge in [-0.2, -0.15) is 0 Å². The predicted octanol–water partition coefficient (Wildman–Crippen LogP) is 5.60. The maximum Gasteiger partial charge on any atom is 0.281 e. The summed E-state index contributed by atoms with van der Waals surface area (Å²) in [7, 11) is 0. The van der Waals surface area contributed by atoms with Crippen molar-refractivity contribution in [1.29, 1.82) is 0 Å². The van der Waals surface area contributed by atoms with Crippen LogP contribution in [0.25, 0.3) is 0 Å². The van der Waals surface area contributed by atoms with Crippen molar-refractivity contribution >= 4 is 0 Å². The number of rotatable bonds is 5. The molecule has 0 amide bonds. The fourth-order valence-corrected chi connectivity index (χ4v) is 2.00. The van der Waals surface area contributed by atoms with Gasteiger partial charge in [-0.1, -0.05) is 13.8 Å². The Labute approximate surface area is 116 Å². The van der Waals surface area contributed by atoms with Crippen LogP contribution in [0.15, 0.2) is 0 Å². The van der Waals surface area contributed by atoms with Crippen LogP contribution < -0.4 is 0 Å². The van der Waals surface area contributed by atoms with Crippen LogP contribution in [0, 0.1) is 5.41 Å². The minimum absolute atomic E-state index is 0.175. The maximum absolute atomic E-state index is 15.0. The van der Waals surface area contributed by atoms with Crippen LogP contribution in [-0.2, 0) is 0 Å². The maximum atomic E-state index is 15.0. The molecule has 0 aromatic heterocycles. The molecule has 0 aromatic carbocycles. The van der Waals surface area contributed by atoms with E-state index >= 15 is 0 Å². The molecule has 0 aromatic rings. The van der Waals surface area contributed by atoms with Gasteiger partial charge in [-0.15, -0.1) is 0 Å². The molecule has 0 aliphatic rings. The van der Waals surface area contributed by atoms with E-state index in [0.29, 0.717) is 20.8 Å². The molecule has 0 rings (SSSR count). The predicted molar refractivity (Wildman–Crippen MR) is 68.1 cm³/mol. The Morgan fingerprint density at radius 2 is 0.750 bits per heavy atom. The standard InChI is InChI=1S/C14H24F6/c1-9(2,10(3,4)15)11(5,16)12(6,17)13(7,18)14(8,19)20/h1-8H3. The van der Waals surface area contributed by atoms with Crippen LogP contribution in [0.1, 0.15) is 55.4 Å². The van der Waals surface area contributed by atoms with Gasteiger partial charge in [-0.05, 0) is 34.6 Å². The van der Waals surface area contributed by atoms with Crippen molar-refractivity contribution in [2.75, 3.05) is 0 Å². The summed E-state index contributed by atoms with van der Waals surface area (Å²) in [4.78, 5) is 0. The molecule has 122 valence electrons. The van der Waals surface area contributed by atoms with Gasteiger partial charge in [0.05, 0.1) is 0 Å². The zero-order valence-corrected chi connectivity index (χ0v) is 13.3. The van der Waals surface area contributed by atoms with Crippen LogP contribution in [0.3, 0.4) is 0 Å². The Bertz CT molecular complexity index is 319. The summed E-state index contributed by atoms with van der Waals surface area (Å²) in [6.07, 6.45) is 0. The first kappa shape index (κ1) is 19.6. The lowest BCUT2D eigenvalue weighted by atomic mass is 9.58. The molecule has 0 aliphatic heterocycles. The normalized spacial score (nSPS) is 23.7. The smallest absolute Gasteiger partial charge is 0.244 e. The van der Waals surface area contributed by atoms with Crippen molar-refractivity contribution in [2.24, 2.45) is 5.41 Å². The lowest BCUT2D eigenvalue weighted by Gasteiger charge is -2.53. The summed E-state index contributed by atoms with van der Waals surface area (Å²) < 4.78 is 84.9. The molecule has 0 saturated carbocycles. The summed E-state index contributed by atoms with van der Waals surface area (Å²) in [5.41, 5.74) is -14.9. The molecule has 20 heavy (non-hydrogen) atoms. The van der Waals surface area contributed by atoms with Gasteiger partial charge in [0.25, 0.3) is 5.92 Å². The van der Waals surface area contributed by atoms with Gasteiger partial charge in [0.15, 0.2) is 11.3 Å². The molecule has 0 bridgehead atoms. The van der Waals surface area contributed by atoms with E-state index in [1.807, 2.05) is 0 Å². The molecule has 0 radical (unpaired) electrons. The van der Waals surface area contributed by atoms with Crippen LogP contribution in [0.2, 0.25) is 0 Å². The van der Waals surface area contributed by atoms with E-state index in [1.54, 1.807) is 0 Å². The molecule has 0 N–H and O–H groups in total. The molecular weight excluding hydrogens is 282 g/mol. The number of hydrogen-bond donors (Lipinski definition) is 0. The second-order valence-electron chi connectivity index (χ2n) is 6.99. The van der Waals surface area contributed by atoms with E-state index in [-0.39, 0.29) is 6.92 Å². The Balaban J connectivity index is 6.08. The zero-order valence-electron chi connectivity index (χ0n) is 13.3. The molecular formula is C14H24F6. The van der Waals surface area contributed by atoms with Crippen LogP contribution in [0.4, 0.5) is 26.3 Å². The number of hydrogen-bond acceptors (Lipinski definition) is 0. The third-order valence-electron chi connectivity index (χ3n) is 5.25.